The van der Waals surface area contributed by atoms with Crippen LogP contribution in [0.2, 0.25) is 0 Å². The number of benzene rings is 3. The van der Waals surface area contributed by atoms with Crippen molar-refractivity contribution in [2.75, 3.05) is 0 Å². The molecule has 1 aromatic heterocycles. The van der Waals surface area contributed by atoms with Crippen LogP contribution in [0.5, 0.6) is 0 Å². The molecule has 4 aromatic rings. The molecule has 1 heterocycles. The molecule has 0 unspecified atom stereocenters. The van der Waals surface area contributed by atoms with Gasteiger partial charge in [0.15, 0.2) is 0 Å². The quantitative estimate of drug-likeness (QED) is 0.215. The summed E-state index contributed by atoms with van der Waals surface area (Å²) in [4.78, 5) is 4.56. The van der Waals surface area contributed by atoms with Crippen LogP contribution in [0.25, 0.3) is 22.4 Å². The number of nitrogens with two attached hydrogens (primary N) is 2. The Bertz CT molecular complexity index is 1640. The van der Waals surface area contributed by atoms with Crippen molar-refractivity contribution in [2.24, 2.45) is 11.5 Å². The summed E-state index contributed by atoms with van der Waals surface area (Å²) >= 11 is 0. The van der Waals surface area contributed by atoms with Crippen LogP contribution in [-0.4, -0.2) is 4.98 Å². The first-order valence-electron chi connectivity index (χ1n) is 14.3. The summed E-state index contributed by atoms with van der Waals surface area (Å²) in [6.45, 7) is 4.27. The second kappa shape index (κ2) is 15.6. The lowest BCUT2D eigenvalue weighted by Gasteiger charge is -2.16. The summed E-state index contributed by atoms with van der Waals surface area (Å²) in [7, 11) is 0. The van der Waals surface area contributed by atoms with Gasteiger partial charge in [-0.1, -0.05) is 122 Å². The molecule has 42 heavy (non-hydrogen) atoms. The van der Waals surface area contributed by atoms with Gasteiger partial charge in [-0.15, -0.1) is 0 Å². The van der Waals surface area contributed by atoms with Gasteiger partial charge in [-0.3, -0.25) is 4.98 Å². The first kappa shape index (κ1) is 29.8. The maximum Gasteiger partial charge on any atom is 0.0705 e. The van der Waals surface area contributed by atoms with Crippen LogP contribution in [0.1, 0.15) is 47.1 Å². The molecule has 0 amide bonds. The fraction of sp³-hybridized carbons (Fsp3) is 0.103. The minimum absolute atomic E-state index is 0.214. The SMILES string of the molecule is CCC=C(/C=C\C=C/N)c1ccccc1C.N/C=C\C=C/C1=C[C@@H](c2ccccc2-c2ccccn2)c2ccccc21. The van der Waals surface area contributed by atoms with Crippen LogP contribution in [0.3, 0.4) is 0 Å². The molecule has 0 bridgehead atoms. The number of pyridine rings is 1. The topological polar surface area (TPSA) is 64.9 Å². The highest BCUT2D eigenvalue weighted by molar-refractivity contribution is 5.84. The molecule has 3 aromatic carbocycles. The predicted molar refractivity (Wildman–Crippen MR) is 180 cm³/mol. The molecule has 0 fully saturated rings. The number of allylic oxidation sites excluding steroid dienone is 10. The van der Waals surface area contributed by atoms with E-state index in [1.807, 2.05) is 42.6 Å². The van der Waals surface area contributed by atoms with Crippen molar-refractivity contribution in [3.63, 3.8) is 0 Å². The molecule has 210 valence electrons. The van der Waals surface area contributed by atoms with Crippen molar-refractivity contribution in [2.45, 2.75) is 26.2 Å². The molecule has 0 radical (unpaired) electrons. The Morgan fingerprint density at radius 2 is 1.38 bits per heavy atom. The Kier molecular flexibility index (Phi) is 11.1. The molecule has 1 aliphatic rings. The van der Waals surface area contributed by atoms with Crippen LogP contribution in [0, 0.1) is 6.92 Å². The van der Waals surface area contributed by atoms with E-state index in [1.165, 1.54) is 50.7 Å². The van der Waals surface area contributed by atoms with Gasteiger partial charge in [0.25, 0.3) is 0 Å². The van der Waals surface area contributed by atoms with Gasteiger partial charge >= 0.3 is 0 Å². The number of hydrogen-bond donors (Lipinski definition) is 2. The Labute approximate surface area is 250 Å². The van der Waals surface area contributed by atoms with E-state index in [0.29, 0.717) is 0 Å². The molecule has 4 N–H and O–H groups in total. The monoisotopic (exact) mass is 549 g/mol. The van der Waals surface area contributed by atoms with Gasteiger partial charge in [0.05, 0.1) is 5.69 Å². The summed E-state index contributed by atoms with van der Waals surface area (Å²) in [5.41, 5.74) is 21.9. The zero-order valence-electron chi connectivity index (χ0n) is 24.4. The molecule has 1 atom stereocenters. The minimum Gasteiger partial charge on any atom is -0.405 e. The number of rotatable bonds is 8. The molecule has 3 nitrogen and oxygen atoms in total. The van der Waals surface area contributed by atoms with Crippen molar-refractivity contribution in [3.8, 4) is 11.3 Å². The zero-order valence-corrected chi connectivity index (χ0v) is 24.4. The van der Waals surface area contributed by atoms with Gasteiger partial charge in [0.2, 0.25) is 0 Å². The van der Waals surface area contributed by atoms with E-state index in [2.05, 4.69) is 122 Å². The van der Waals surface area contributed by atoms with Crippen molar-refractivity contribution < 1.29 is 0 Å². The maximum atomic E-state index is 5.45. The summed E-state index contributed by atoms with van der Waals surface area (Å²) < 4.78 is 0. The molecular weight excluding hydrogens is 510 g/mol. The average Bonchev–Trinajstić information content (AvgIpc) is 3.40. The van der Waals surface area contributed by atoms with Crippen molar-refractivity contribution in [3.05, 3.63) is 186 Å². The van der Waals surface area contributed by atoms with Gasteiger partial charge in [-0.25, -0.2) is 0 Å². The van der Waals surface area contributed by atoms with E-state index < -0.39 is 0 Å². The minimum atomic E-state index is 0.214. The Morgan fingerprint density at radius 3 is 2.07 bits per heavy atom. The standard InChI is InChI=1S/C24H20N2.C15H19N/c25-15-7-5-9-18-17-23(20-11-2-1-10-19(18)20)21-12-3-4-13-22(21)24-14-6-8-16-26-24;1-3-8-14(10-6-7-12-16)15-11-5-4-9-13(15)2/h1-17,23H,25H2;4-12H,3,16H2,1-2H3/b9-5-,15-7-;10-6-,12-7-,14-8?/t23-;/m1./s1. The highest BCUT2D eigenvalue weighted by Crippen LogP contribution is 2.43. The van der Waals surface area contributed by atoms with Crippen molar-refractivity contribution >= 4 is 11.1 Å². The predicted octanol–water partition coefficient (Wildman–Crippen LogP) is 9.12. The number of aromatic nitrogens is 1. The highest BCUT2D eigenvalue weighted by atomic mass is 14.7. The summed E-state index contributed by atoms with van der Waals surface area (Å²) in [5, 5.41) is 0. The van der Waals surface area contributed by atoms with E-state index >= 15 is 0 Å². The van der Waals surface area contributed by atoms with Crippen molar-refractivity contribution in [1.82, 2.24) is 4.98 Å². The van der Waals surface area contributed by atoms with Gasteiger partial charge < -0.3 is 11.5 Å². The second-order valence-corrected chi connectivity index (χ2v) is 9.86. The van der Waals surface area contributed by atoms with E-state index in [1.54, 1.807) is 6.20 Å². The average molecular weight is 550 g/mol. The highest BCUT2D eigenvalue weighted by Gasteiger charge is 2.25. The maximum absolute atomic E-state index is 5.45. The largest absolute Gasteiger partial charge is 0.405 e. The fourth-order valence-corrected chi connectivity index (χ4v) is 5.15. The lowest BCUT2D eigenvalue weighted by Crippen LogP contribution is -1.99. The van der Waals surface area contributed by atoms with E-state index in [0.717, 1.165) is 12.1 Å². The molecular formula is C39H39N3. The molecule has 0 spiro atoms. The number of aryl methyl sites for hydroxylation is 1. The number of fused-ring (bicyclic) bond motifs is 1. The molecule has 0 saturated carbocycles. The van der Waals surface area contributed by atoms with Crippen LogP contribution in [0.4, 0.5) is 0 Å². The van der Waals surface area contributed by atoms with Crippen molar-refractivity contribution in [1.29, 1.82) is 0 Å². The lowest BCUT2D eigenvalue weighted by molar-refractivity contribution is 1.05. The fourth-order valence-electron chi connectivity index (χ4n) is 5.15. The summed E-state index contributed by atoms with van der Waals surface area (Å²) in [5.74, 6) is 0.214. The van der Waals surface area contributed by atoms with Gasteiger partial charge in [-0.2, -0.15) is 0 Å². The summed E-state index contributed by atoms with van der Waals surface area (Å²) in [6.07, 6.45) is 22.4. The first-order chi connectivity index (χ1) is 20.7. The van der Waals surface area contributed by atoms with Gasteiger partial charge in [0.1, 0.15) is 0 Å². The third kappa shape index (κ3) is 7.52. The summed E-state index contributed by atoms with van der Waals surface area (Å²) in [6, 6.07) is 31.6. The van der Waals surface area contributed by atoms with E-state index in [9.17, 15) is 0 Å². The molecule has 1 aliphatic carbocycles. The second-order valence-electron chi connectivity index (χ2n) is 9.86. The Hall–Kier alpha value is -5.15. The molecule has 0 aliphatic heterocycles. The normalized spacial score (nSPS) is 14.9. The van der Waals surface area contributed by atoms with Gasteiger partial charge in [0, 0.05) is 17.7 Å². The van der Waals surface area contributed by atoms with Crippen LogP contribution < -0.4 is 11.5 Å². The lowest BCUT2D eigenvalue weighted by atomic mass is 9.88. The Morgan fingerprint density at radius 1 is 0.738 bits per heavy atom. The van der Waals surface area contributed by atoms with Crippen LogP contribution in [-0.2, 0) is 0 Å². The molecule has 3 heteroatoms. The number of nitrogens with zero attached hydrogens (tertiary/aromatic N) is 1. The number of hydrogen-bond acceptors (Lipinski definition) is 3. The zero-order chi connectivity index (χ0) is 29.6. The van der Waals surface area contributed by atoms with E-state index in [-0.39, 0.29) is 5.92 Å². The third-order valence-electron chi connectivity index (χ3n) is 7.07. The van der Waals surface area contributed by atoms with E-state index in [4.69, 9.17) is 11.5 Å². The molecule has 5 rings (SSSR count). The van der Waals surface area contributed by atoms with Crippen LogP contribution >= 0.6 is 0 Å². The van der Waals surface area contributed by atoms with Crippen LogP contribution in [0.15, 0.2) is 158 Å². The van der Waals surface area contributed by atoms with Gasteiger partial charge in [-0.05, 0) is 89.0 Å². The molecule has 0 saturated heterocycles. The smallest absolute Gasteiger partial charge is 0.0705 e. The third-order valence-corrected chi connectivity index (χ3v) is 7.07. The first-order valence-corrected chi connectivity index (χ1v) is 14.3. The Balaban J connectivity index is 0.000000219.